The molecule has 2 N–H and O–H groups in total. The Balaban J connectivity index is 0.00000387. The minimum absolute atomic E-state index is 0. The number of nitrogens with zero attached hydrogens (tertiary/aromatic N) is 2. The average Bonchev–Trinajstić information content (AvgIpc) is 3.67. The number of rotatable bonds is 0. The summed E-state index contributed by atoms with van der Waals surface area (Å²) < 4.78 is 0. The van der Waals surface area contributed by atoms with E-state index in [0.29, 0.717) is 89.4 Å². The van der Waals surface area contributed by atoms with E-state index >= 15 is 0 Å². The van der Waals surface area contributed by atoms with E-state index in [1.807, 2.05) is 0 Å². The van der Waals surface area contributed by atoms with Crippen LogP contribution in [0.25, 0.3) is 44.4 Å². The van der Waals surface area contributed by atoms with Gasteiger partial charge in [0.2, 0.25) is 0 Å². The van der Waals surface area contributed by atoms with E-state index in [9.17, 15) is 0 Å². The van der Waals surface area contributed by atoms with E-state index in [4.69, 9.17) is 61.4 Å². The van der Waals surface area contributed by atoms with Gasteiger partial charge in [-0.25, -0.2) is 9.97 Å². The van der Waals surface area contributed by atoms with Crippen LogP contribution in [-0.4, -0.2) is 19.9 Å². The van der Waals surface area contributed by atoms with Gasteiger partial charge in [-0.3, -0.25) is 0 Å². The Labute approximate surface area is 252 Å². The molecule has 0 saturated heterocycles. The molecule has 0 unspecified atom stereocenters. The van der Waals surface area contributed by atoms with Gasteiger partial charge in [0.05, 0.1) is 89.4 Å². The summed E-state index contributed by atoms with van der Waals surface area (Å²) in [6.07, 6.45) is 46.9. The first kappa shape index (κ1) is 27.8. The third-order valence-electron chi connectivity index (χ3n) is 6.40. The van der Waals surface area contributed by atoms with Crippen LogP contribution in [-0.2, 0) is 21.1 Å². The number of terminal acetylenes is 8. The standard InChI is InChI=1S/C36H14N4.Pt/c1-9-21-22(10-2)30-18-32-25(13-5)26(14-6)34(39-32)20-36-28(16-8)27(15-7)35(40-36)19-33-24(12-4)23(11-3)31(38-33)17-29(21)37-30;/h1-8,17-20,37-38H;/q;+2. The van der Waals surface area contributed by atoms with Gasteiger partial charge in [-0.1, -0.05) is 47.4 Å². The van der Waals surface area contributed by atoms with Crippen molar-refractivity contribution in [3.63, 3.8) is 0 Å². The van der Waals surface area contributed by atoms with E-state index in [-0.39, 0.29) is 21.1 Å². The first-order valence-electron chi connectivity index (χ1n) is 11.5. The van der Waals surface area contributed by atoms with E-state index in [1.54, 1.807) is 24.3 Å². The summed E-state index contributed by atoms with van der Waals surface area (Å²) in [5.41, 5.74) is 6.93. The maximum absolute atomic E-state index is 5.87. The molecular formula is C36H14N4Pt+2. The largest absolute Gasteiger partial charge is 2.00 e. The van der Waals surface area contributed by atoms with Gasteiger partial charge in [-0.15, -0.1) is 51.4 Å². The summed E-state index contributed by atoms with van der Waals surface area (Å²) in [6.45, 7) is 0. The van der Waals surface area contributed by atoms with Crippen molar-refractivity contribution in [2.45, 2.75) is 0 Å². The van der Waals surface area contributed by atoms with Crippen molar-refractivity contribution in [2.75, 3.05) is 0 Å². The smallest absolute Gasteiger partial charge is 0.353 e. The van der Waals surface area contributed by atoms with Gasteiger partial charge < -0.3 is 9.97 Å². The fourth-order valence-electron chi connectivity index (χ4n) is 4.66. The minimum atomic E-state index is 0. The Hall–Kier alpha value is -6.23. The second-order valence-corrected chi connectivity index (χ2v) is 8.40. The van der Waals surface area contributed by atoms with Gasteiger partial charge in [0.25, 0.3) is 0 Å². The van der Waals surface area contributed by atoms with Crippen LogP contribution in [0.4, 0.5) is 0 Å². The molecule has 0 amide bonds. The number of aromatic nitrogens is 4. The van der Waals surface area contributed by atoms with Crippen molar-refractivity contribution in [1.82, 2.24) is 19.9 Å². The van der Waals surface area contributed by atoms with Crippen LogP contribution in [0, 0.1) is 98.8 Å². The Morgan fingerprint density at radius 3 is 0.927 bits per heavy atom. The molecule has 5 heteroatoms. The number of allylic oxidation sites excluding steroid dienone is 4. The molecule has 186 valence electrons. The molecule has 0 radical (unpaired) electrons. The van der Waals surface area contributed by atoms with Crippen LogP contribution in [0.2, 0.25) is 0 Å². The summed E-state index contributed by atoms with van der Waals surface area (Å²) in [5.74, 6) is 21.1. The van der Waals surface area contributed by atoms with Crippen LogP contribution in [0.3, 0.4) is 0 Å². The molecule has 8 bridgehead atoms. The number of hydrogen-bond donors (Lipinski definition) is 2. The van der Waals surface area contributed by atoms with E-state index in [0.717, 1.165) is 0 Å². The zero-order valence-corrected chi connectivity index (χ0v) is 23.4. The average molecular weight is 698 g/mol. The van der Waals surface area contributed by atoms with Crippen molar-refractivity contribution in [3.05, 3.63) is 69.3 Å². The van der Waals surface area contributed by atoms with Crippen molar-refractivity contribution < 1.29 is 21.1 Å². The Morgan fingerprint density at radius 2 is 0.659 bits per heavy atom. The Bertz CT molecular complexity index is 2130. The van der Waals surface area contributed by atoms with Crippen molar-refractivity contribution in [3.8, 4) is 98.8 Å². The molecular weight excluding hydrogens is 684 g/mol. The summed E-state index contributed by atoms with van der Waals surface area (Å²) in [4.78, 5) is 15.9. The fraction of sp³-hybridized carbons (Fsp3) is 0. The monoisotopic (exact) mass is 697 g/mol. The summed E-state index contributed by atoms with van der Waals surface area (Å²) >= 11 is 0. The normalized spacial score (nSPS) is 11.3. The van der Waals surface area contributed by atoms with Crippen LogP contribution < -0.4 is 0 Å². The molecule has 0 aliphatic carbocycles. The van der Waals surface area contributed by atoms with Gasteiger partial charge >= 0.3 is 21.1 Å². The number of nitrogens with one attached hydrogen (secondary N) is 2. The first-order chi connectivity index (χ1) is 19.5. The van der Waals surface area contributed by atoms with Gasteiger partial charge in [0.1, 0.15) is 0 Å². The van der Waals surface area contributed by atoms with E-state index in [1.165, 1.54) is 0 Å². The van der Waals surface area contributed by atoms with Crippen molar-refractivity contribution in [1.29, 1.82) is 0 Å². The quantitative estimate of drug-likeness (QED) is 0.338. The van der Waals surface area contributed by atoms with Crippen LogP contribution in [0.15, 0.2) is 24.3 Å². The predicted octanol–water partition coefficient (Wildman–Crippen LogP) is 4.59. The molecule has 3 aromatic heterocycles. The molecule has 3 aromatic rings. The third-order valence-corrected chi connectivity index (χ3v) is 6.40. The minimum Gasteiger partial charge on any atom is -0.353 e. The summed E-state index contributed by atoms with van der Waals surface area (Å²) in [7, 11) is 0. The van der Waals surface area contributed by atoms with Gasteiger partial charge in [-0.05, 0) is 24.3 Å². The van der Waals surface area contributed by atoms with Crippen LogP contribution >= 0.6 is 0 Å². The van der Waals surface area contributed by atoms with Crippen molar-refractivity contribution in [2.24, 2.45) is 0 Å². The second kappa shape index (κ2) is 10.9. The third kappa shape index (κ3) is 4.23. The topological polar surface area (TPSA) is 57.4 Å². The fourth-order valence-corrected chi connectivity index (χ4v) is 4.66. The first-order valence-corrected chi connectivity index (χ1v) is 11.5. The molecule has 0 saturated carbocycles. The van der Waals surface area contributed by atoms with Gasteiger partial charge in [-0.2, -0.15) is 0 Å². The van der Waals surface area contributed by atoms with E-state index in [2.05, 4.69) is 57.3 Å². The predicted molar refractivity (Wildman–Crippen MR) is 162 cm³/mol. The maximum atomic E-state index is 5.87. The molecule has 2 aliphatic heterocycles. The van der Waals surface area contributed by atoms with E-state index < -0.39 is 0 Å². The number of H-pyrrole nitrogens is 2. The summed E-state index contributed by atoms with van der Waals surface area (Å²) in [6, 6.07) is 6.76. The molecule has 5 rings (SSSR count). The zero-order chi connectivity index (χ0) is 28.6. The molecule has 5 heterocycles. The number of fused-ring (bicyclic) bond motifs is 8. The Morgan fingerprint density at radius 1 is 0.390 bits per heavy atom. The molecule has 41 heavy (non-hydrogen) atoms. The number of hydrogen-bond acceptors (Lipinski definition) is 2. The van der Waals surface area contributed by atoms with Crippen molar-refractivity contribution >= 4 is 44.4 Å². The molecule has 0 fully saturated rings. The number of aromatic amines is 2. The SMILES string of the molecule is C#CC1=C(C#C)c2cc3[nH]c(cc4[nH]c(cc5nc(cc1n2)C(C#C)=C5C#C)c(C#C)c4C#C)c(C#C)c3C#C.[Pt+2]. The molecule has 4 nitrogen and oxygen atoms in total. The summed E-state index contributed by atoms with van der Waals surface area (Å²) in [5, 5.41) is 0. The molecule has 0 atom stereocenters. The van der Waals surface area contributed by atoms with Crippen LogP contribution in [0.5, 0.6) is 0 Å². The van der Waals surface area contributed by atoms with Crippen LogP contribution in [0.1, 0.15) is 45.0 Å². The maximum Gasteiger partial charge on any atom is 2.00 e. The Kier molecular flexibility index (Phi) is 7.37. The molecule has 2 aliphatic rings. The molecule has 0 aromatic carbocycles. The van der Waals surface area contributed by atoms with Gasteiger partial charge in [0, 0.05) is 0 Å². The molecule has 0 spiro atoms. The second-order valence-electron chi connectivity index (χ2n) is 8.40. The van der Waals surface area contributed by atoms with Gasteiger partial charge in [0.15, 0.2) is 0 Å². The zero-order valence-electron chi connectivity index (χ0n) is 21.1.